The van der Waals surface area contributed by atoms with Crippen molar-refractivity contribution < 1.29 is 0 Å². The number of aromatic nitrogens is 1. The van der Waals surface area contributed by atoms with Crippen molar-refractivity contribution in [2.24, 2.45) is 5.11 Å². The average molecular weight is 186 g/mol. The molecule has 1 aromatic carbocycles. The monoisotopic (exact) mass is 186 g/mol. The molecule has 0 bridgehead atoms. The molecule has 0 saturated carbocycles. The maximum atomic E-state index is 11.3. The molecular weight excluding hydrogens is 180 g/mol. The van der Waals surface area contributed by atoms with Crippen LogP contribution in [0.2, 0.25) is 0 Å². The zero-order valence-corrected chi connectivity index (χ0v) is 7.14. The van der Waals surface area contributed by atoms with Gasteiger partial charge in [-0.1, -0.05) is 23.3 Å². The lowest BCUT2D eigenvalue weighted by atomic mass is 10.2. The summed E-state index contributed by atoms with van der Waals surface area (Å²) in [6.07, 6.45) is 0. The minimum Gasteiger partial charge on any atom is -0.322 e. The predicted octanol–water partition coefficient (Wildman–Crippen LogP) is 2.47. The fourth-order valence-corrected chi connectivity index (χ4v) is 1.26. The van der Waals surface area contributed by atoms with Crippen LogP contribution in [-0.4, -0.2) is 4.98 Å². The lowest BCUT2D eigenvalue weighted by Gasteiger charge is -1.97. The van der Waals surface area contributed by atoms with Crippen molar-refractivity contribution in [3.05, 3.63) is 51.1 Å². The summed E-state index contributed by atoms with van der Waals surface area (Å²) in [5, 5.41) is 4.14. The van der Waals surface area contributed by atoms with Gasteiger partial charge in [0.25, 0.3) is 5.56 Å². The number of azide groups is 1. The molecule has 0 radical (unpaired) electrons. The molecule has 5 heteroatoms. The summed E-state index contributed by atoms with van der Waals surface area (Å²) in [5.41, 5.74) is 8.67. The Kier molecular flexibility index (Phi) is 1.93. The summed E-state index contributed by atoms with van der Waals surface area (Å²) < 4.78 is 0. The molecule has 1 heterocycles. The predicted molar refractivity (Wildman–Crippen MR) is 53.4 cm³/mol. The van der Waals surface area contributed by atoms with Gasteiger partial charge in [-0.3, -0.25) is 4.79 Å². The van der Waals surface area contributed by atoms with E-state index in [1.54, 1.807) is 12.1 Å². The Morgan fingerprint density at radius 3 is 2.93 bits per heavy atom. The van der Waals surface area contributed by atoms with Crippen molar-refractivity contribution in [3.63, 3.8) is 0 Å². The van der Waals surface area contributed by atoms with E-state index < -0.39 is 0 Å². The van der Waals surface area contributed by atoms with E-state index in [1.807, 2.05) is 18.2 Å². The molecular formula is C9H6N4O. The second-order valence-electron chi connectivity index (χ2n) is 2.76. The van der Waals surface area contributed by atoms with Crippen LogP contribution >= 0.6 is 0 Å². The fourth-order valence-electron chi connectivity index (χ4n) is 1.26. The molecule has 1 aromatic heterocycles. The molecule has 0 aliphatic carbocycles. The Morgan fingerprint density at radius 2 is 2.14 bits per heavy atom. The lowest BCUT2D eigenvalue weighted by Crippen LogP contribution is -2.03. The van der Waals surface area contributed by atoms with Gasteiger partial charge in [-0.2, -0.15) is 0 Å². The summed E-state index contributed by atoms with van der Waals surface area (Å²) in [4.78, 5) is 16.5. The summed E-state index contributed by atoms with van der Waals surface area (Å²) in [7, 11) is 0. The summed E-state index contributed by atoms with van der Waals surface area (Å²) in [6, 6.07) is 8.86. The van der Waals surface area contributed by atoms with E-state index in [2.05, 4.69) is 15.0 Å². The third-order valence-electron chi connectivity index (χ3n) is 1.89. The van der Waals surface area contributed by atoms with Gasteiger partial charge in [-0.25, -0.2) is 0 Å². The quantitative estimate of drug-likeness (QED) is 0.414. The maximum absolute atomic E-state index is 11.3. The summed E-state index contributed by atoms with van der Waals surface area (Å²) >= 11 is 0. The number of nitrogens with zero attached hydrogens (tertiary/aromatic N) is 3. The molecule has 0 aliphatic heterocycles. The molecule has 0 aliphatic rings. The molecule has 2 rings (SSSR count). The van der Waals surface area contributed by atoms with Gasteiger partial charge in [0, 0.05) is 10.4 Å². The van der Waals surface area contributed by atoms with Gasteiger partial charge < -0.3 is 4.98 Å². The van der Waals surface area contributed by atoms with E-state index in [0.29, 0.717) is 0 Å². The molecule has 0 amide bonds. The molecule has 1 N–H and O–H groups in total. The molecule has 5 nitrogen and oxygen atoms in total. The molecule has 0 spiro atoms. The highest BCUT2D eigenvalue weighted by Crippen LogP contribution is 2.14. The van der Waals surface area contributed by atoms with E-state index >= 15 is 0 Å². The highest BCUT2D eigenvalue weighted by molar-refractivity contribution is 5.80. The van der Waals surface area contributed by atoms with Crippen molar-refractivity contribution in [3.8, 4) is 0 Å². The van der Waals surface area contributed by atoms with Crippen LogP contribution in [0.1, 0.15) is 0 Å². The third kappa shape index (κ3) is 1.32. The summed E-state index contributed by atoms with van der Waals surface area (Å²) in [5.74, 6) is 0. The van der Waals surface area contributed by atoms with E-state index in [4.69, 9.17) is 5.53 Å². The number of H-pyrrole nitrogens is 1. The van der Waals surface area contributed by atoms with Crippen molar-refractivity contribution in [2.75, 3.05) is 0 Å². The highest BCUT2D eigenvalue weighted by atomic mass is 16.1. The Morgan fingerprint density at radius 1 is 1.36 bits per heavy atom. The first-order valence-corrected chi connectivity index (χ1v) is 3.98. The molecule has 0 saturated heterocycles. The number of aromatic amines is 1. The fraction of sp³-hybridized carbons (Fsp3) is 0. The van der Waals surface area contributed by atoms with Crippen LogP contribution in [0.4, 0.5) is 5.69 Å². The van der Waals surface area contributed by atoms with Gasteiger partial charge in [-0.05, 0) is 23.1 Å². The second kappa shape index (κ2) is 3.24. The normalized spacial score (nSPS) is 9.71. The van der Waals surface area contributed by atoms with Gasteiger partial charge in [0.05, 0.1) is 0 Å². The first kappa shape index (κ1) is 8.34. The third-order valence-corrected chi connectivity index (χ3v) is 1.89. The molecule has 0 atom stereocenters. The van der Waals surface area contributed by atoms with Crippen LogP contribution in [0, 0.1) is 0 Å². The van der Waals surface area contributed by atoms with E-state index in [-0.39, 0.29) is 11.2 Å². The molecule has 2 aromatic rings. The molecule has 68 valence electrons. The topological polar surface area (TPSA) is 81.6 Å². The van der Waals surface area contributed by atoms with Crippen LogP contribution in [0.15, 0.2) is 40.2 Å². The average Bonchev–Trinajstić information content (AvgIpc) is 2.19. The minimum atomic E-state index is -0.374. The second-order valence-corrected chi connectivity index (χ2v) is 2.76. The minimum absolute atomic E-state index is 0.0891. The lowest BCUT2D eigenvalue weighted by molar-refractivity contribution is 1.27. The smallest absolute Gasteiger partial charge is 0.258 e. The zero-order valence-electron chi connectivity index (χ0n) is 7.14. The number of hydrogen-bond donors (Lipinski definition) is 1. The highest BCUT2D eigenvalue weighted by Gasteiger charge is 1.98. The standard InChI is InChI=1S/C9H6N4O/c10-13-12-8-5-6-3-1-2-4-7(6)11-9(8)14/h1-5H,(H,11,14). The van der Waals surface area contributed by atoms with Crippen LogP contribution in [0.5, 0.6) is 0 Å². The Bertz CT molecular complexity index is 581. The first-order chi connectivity index (χ1) is 6.81. The Hall–Kier alpha value is -2.26. The van der Waals surface area contributed by atoms with Crippen LogP contribution in [-0.2, 0) is 0 Å². The van der Waals surface area contributed by atoms with Crippen molar-refractivity contribution in [2.45, 2.75) is 0 Å². The number of para-hydroxylation sites is 1. The SMILES string of the molecule is [N-]=[N+]=Nc1cc2ccccc2[nH]c1=O. The van der Waals surface area contributed by atoms with Crippen molar-refractivity contribution in [1.29, 1.82) is 0 Å². The van der Waals surface area contributed by atoms with E-state index in [9.17, 15) is 4.79 Å². The number of benzene rings is 1. The zero-order chi connectivity index (χ0) is 9.97. The van der Waals surface area contributed by atoms with Crippen LogP contribution in [0.3, 0.4) is 0 Å². The van der Waals surface area contributed by atoms with E-state index in [0.717, 1.165) is 10.9 Å². The Balaban J connectivity index is 2.83. The molecule has 0 fully saturated rings. The van der Waals surface area contributed by atoms with Gasteiger partial charge in [0.15, 0.2) is 0 Å². The first-order valence-electron chi connectivity index (χ1n) is 3.98. The number of fused-ring (bicyclic) bond motifs is 1. The number of pyridine rings is 1. The van der Waals surface area contributed by atoms with Gasteiger partial charge in [-0.15, -0.1) is 0 Å². The largest absolute Gasteiger partial charge is 0.322 e. The van der Waals surface area contributed by atoms with Crippen LogP contribution in [0.25, 0.3) is 21.3 Å². The number of hydrogen-bond acceptors (Lipinski definition) is 2. The Labute approximate surface area is 78.6 Å². The number of nitrogens with one attached hydrogen (secondary N) is 1. The van der Waals surface area contributed by atoms with Gasteiger partial charge in [0.1, 0.15) is 5.69 Å². The van der Waals surface area contributed by atoms with Crippen LogP contribution < -0.4 is 5.56 Å². The summed E-state index contributed by atoms with van der Waals surface area (Å²) in [6.45, 7) is 0. The number of rotatable bonds is 1. The van der Waals surface area contributed by atoms with Crippen molar-refractivity contribution in [1.82, 2.24) is 4.98 Å². The maximum Gasteiger partial charge on any atom is 0.258 e. The molecule has 14 heavy (non-hydrogen) atoms. The molecule has 0 unspecified atom stereocenters. The van der Waals surface area contributed by atoms with Gasteiger partial charge >= 0.3 is 0 Å². The van der Waals surface area contributed by atoms with Crippen molar-refractivity contribution >= 4 is 16.6 Å². The van der Waals surface area contributed by atoms with E-state index in [1.165, 1.54) is 0 Å². The van der Waals surface area contributed by atoms with Gasteiger partial charge in [0.2, 0.25) is 0 Å².